The molecule has 0 bridgehead atoms. The summed E-state index contributed by atoms with van der Waals surface area (Å²) in [4.78, 5) is 28.6. The second-order valence-corrected chi connectivity index (χ2v) is 8.23. The summed E-state index contributed by atoms with van der Waals surface area (Å²) in [5, 5.41) is 13.4. The summed E-state index contributed by atoms with van der Waals surface area (Å²) in [6.07, 6.45) is 1.63. The molecule has 0 saturated carbocycles. The van der Waals surface area contributed by atoms with E-state index in [1.54, 1.807) is 61.8 Å². The standard InChI is InChI=1S/C26H22ClN3O4/c1-14(30-22-6-4-3-5-18(22)26(32)33)19-10-17(27)11-20-23(31)12-24(34-25(19)20)15-7-8-21(28)16(9-15)13-29-2/h3-14,30H,28H2,1-2H3,(H,32,33)/t14-/m0/s1. The maximum atomic E-state index is 13.0. The van der Waals surface area contributed by atoms with Gasteiger partial charge in [0.25, 0.3) is 0 Å². The summed E-state index contributed by atoms with van der Waals surface area (Å²) in [6, 6.07) is 16.2. The Morgan fingerprint density at radius 3 is 2.68 bits per heavy atom. The molecule has 34 heavy (non-hydrogen) atoms. The highest BCUT2D eigenvalue weighted by molar-refractivity contribution is 6.31. The van der Waals surface area contributed by atoms with Gasteiger partial charge in [-0.15, -0.1) is 0 Å². The lowest BCUT2D eigenvalue weighted by Gasteiger charge is -2.19. The van der Waals surface area contributed by atoms with Crippen LogP contribution in [0.5, 0.6) is 0 Å². The van der Waals surface area contributed by atoms with E-state index in [1.165, 1.54) is 12.1 Å². The van der Waals surface area contributed by atoms with Crippen LogP contribution in [0.2, 0.25) is 5.02 Å². The van der Waals surface area contributed by atoms with Crippen LogP contribution in [0.3, 0.4) is 0 Å². The van der Waals surface area contributed by atoms with E-state index in [0.29, 0.717) is 49.8 Å². The summed E-state index contributed by atoms with van der Waals surface area (Å²) in [5.41, 5.74) is 9.25. The van der Waals surface area contributed by atoms with Gasteiger partial charge in [-0.05, 0) is 49.4 Å². The first-order valence-corrected chi connectivity index (χ1v) is 10.8. The van der Waals surface area contributed by atoms with Gasteiger partial charge in [0.1, 0.15) is 11.3 Å². The number of carbonyl (C=O) groups is 1. The minimum absolute atomic E-state index is 0.134. The van der Waals surface area contributed by atoms with E-state index in [2.05, 4.69) is 10.3 Å². The number of halogens is 1. The molecule has 4 N–H and O–H groups in total. The number of nitrogen functional groups attached to an aromatic ring is 1. The van der Waals surface area contributed by atoms with Gasteiger partial charge in [-0.3, -0.25) is 9.79 Å². The molecule has 4 aromatic rings. The van der Waals surface area contributed by atoms with Crippen LogP contribution in [-0.2, 0) is 0 Å². The Labute approximate surface area is 200 Å². The number of aliphatic imine (C=N–C) groups is 1. The van der Waals surface area contributed by atoms with Crippen molar-refractivity contribution in [2.24, 2.45) is 4.99 Å². The summed E-state index contributed by atoms with van der Waals surface area (Å²) >= 11 is 6.32. The largest absolute Gasteiger partial charge is 0.478 e. The summed E-state index contributed by atoms with van der Waals surface area (Å²) < 4.78 is 6.22. The SMILES string of the molecule is CN=Cc1cc(-c2cc(=O)c3cc(Cl)cc([C@H](C)Nc4ccccc4C(=O)O)c3o2)ccc1N. The van der Waals surface area contributed by atoms with Gasteiger partial charge in [-0.25, -0.2) is 4.79 Å². The van der Waals surface area contributed by atoms with Gasteiger partial charge < -0.3 is 20.6 Å². The lowest BCUT2D eigenvalue weighted by molar-refractivity contribution is 0.0698. The van der Waals surface area contributed by atoms with E-state index in [-0.39, 0.29) is 11.0 Å². The Hall–Kier alpha value is -4.10. The molecule has 0 aliphatic heterocycles. The van der Waals surface area contributed by atoms with E-state index in [4.69, 9.17) is 21.8 Å². The molecule has 0 saturated heterocycles. The van der Waals surface area contributed by atoms with Crippen molar-refractivity contribution in [2.75, 3.05) is 18.1 Å². The Morgan fingerprint density at radius 2 is 1.94 bits per heavy atom. The molecule has 0 amide bonds. The molecule has 3 aromatic carbocycles. The van der Waals surface area contributed by atoms with Crippen LogP contribution in [0.15, 0.2) is 74.9 Å². The van der Waals surface area contributed by atoms with Gasteiger partial charge in [-0.2, -0.15) is 0 Å². The Morgan fingerprint density at radius 1 is 1.18 bits per heavy atom. The van der Waals surface area contributed by atoms with Gasteiger partial charge in [-0.1, -0.05) is 23.7 Å². The lowest BCUT2D eigenvalue weighted by atomic mass is 10.0. The maximum Gasteiger partial charge on any atom is 0.337 e. The zero-order chi connectivity index (χ0) is 24.4. The molecule has 1 atom stereocenters. The van der Waals surface area contributed by atoms with Gasteiger partial charge >= 0.3 is 5.97 Å². The monoisotopic (exact) mass is 475 g/mol. The number of anilines is 2. The number of nitrogens with zero attached hydrogens (tertiary/aromatic N) is 1. The highest BCUT2D eigenvalue weighted by Gasteiger charge is 2.19. The zero-order valence-electron chi connectivity index (χ0n) is 18.5. The second-order valence-electron chi connectivity index (χ2n) is 7.79. The Balaban J connectivity index is 1.85. The van der Waals surface area contributed by atoms with E-state index in [1.807, 2.05) is 6.92 Å². The van der Waals surface area contributed by atoms with Crippen LogP contribution in [0.25, 0.3) is 22.3 Å². The number of carboxylic acids is 1. The Kier molecular flexibility index (Phi) is 6.38. The maximum absolute atomic E-state index is 13.0. The first kappa shape index (κ1) is 23.1. The van der Waals surface area contributed by atoms with Crippen molar-refractivity contribution in [2.45, 2.75) is 13.0 Å². The number of nitrogens with two attached hydrogens (primary N) is 1. The lowest BCUT2D eigenvalue weighted by Crippen LogP contribution is -2.12. The van der Waals surface area contributed by atoms with E-state index >= 15 is 0 Å². The number of hydrogen-bond donors (Lipinski definition) is 3. The fraction of sp³-hybridized carbons (Fsp3) is 0.115. The molecule has 0 unspecified atom stereocenters. The van der Waals surface area contributed by atoms with Crippen LogP contribution in [0, 0.1) is 0 Å². The fourth-order valence-electron chi connectivity index (χ4n) is 3.80. The van der Waals surface area contributed by atoms with Crippen molar-refractivity contribution in [1.82, 2.24) is 0 Å². The average molecular weight is 476 g/mol. The molecular formula is C26H22ClN3O4. The quantitative estimate of drug-likeness (QED) is 0.246. The topological polar surface area (TPSA) is 118 Å². The predicted octanol–water partition coefficient (Wildman–Crippen LogP) is 5.62. The average Bonchev–Trinajstić information content (AvgIpc) is 2.80. The van der Waals surface area contributed by atoms with Crippen LogP contribution in [-0.4, -0.2) is 24.3 Å². The molecule has 4 rings (SSSR count). The van der Waals surface area contributed by atoms with Crippen LogP contribution >= 0.6 is 11.6 Å². The van der Waals surface area contributed by atoms with Crippen LogP contribution < -0.4 is 16.5 Å². The van der Waals surface area contributed by atoms with Gasteiger partial charge in [0.15, 0.2) is 5.43 Å². The molecule has 1 heterocycles. The van der Waals surface area contributed by atoms with Crippen molar-refractivity contribution < 1.29 is 14.3 Å². The van der Waals surface area contributed by atoms with Crippen molar-refractivity contribution in [1.29, 1.82) is 0 Å². The molecule has 172 valence electrons. The molecule has 0 fully saturated rings. The first-order valence-electron chi connectivity index (χ1n) is 10.5. The number of rotatable bonds is 6. The van der Waals surface area contributed by atoms with Gasteiger partial charge in [0.05, 0.1) is 17.0 Å². The smallest absolute Gasteiger partial charge is 0.337 e. The molecule has 0 aliphatic rings. The fourth-order valence-corrected chi connectivity index (χ4v) is 4.02. The summed E-state index contributed by atoms with van der Waals surface area (Å²) in [6.45, 7) is 1.84. The van der Waals surface area contributed by atoms with Crippen molar-refractivity contribution in [3.05, 3.63) is 92.6 Å². The minimum Gasteiger partial charge on any atom is -0.478 e. The third-order valence-electron chi connectivity index (χ3n) is 5.46. The van der Waals surface area contributed by atoms with Crippen LogP contribution in [0.1, 0.15) is 34.5 Å². The molecular weight excluding hydrogens is 454 g/mol. The third-order valence-corrected chi connectivity index (χ3v) is 5.68. The normalized spacial score (nSPS) is 12.2. The molecule has 0 radical (unpaired) electrons. The van der Waals surface area contributed by atoms with Crippen molar-refractivity contribution in [3.8, 4) is 11.3 Å². The molecule has 7 nitrogen and oxygen atoms in total. The summed E-state index contributed by atoms with van der Waals surface area (Å²) in [7, 11) is 1.65. The molecule has 0 aliphatic carbocycles. The number of fused-ring (bicyclic) bond motifs is 1. The van der Waals surface area contributed by atoms with Gasteiger partial charge in [0.2, 0.25) is 0 Å². The van der Waals surface area contributed by atoms with Crippen molar-refractivity contribution >= 4 is 46.1 Å². The second kappa shape index (κ2) is 9.41. The number of aromatic carboxylic acids is 1. The summed E-state index contributed by atoms with van der Waals surface area (Å²) in [5.74, 6) is -0.681. The van der Waals surface area contributed by atoms with Crippen LogP contribution in [0.4, 0.5) is 11.4 Å². The molecule has 1 aromatic heterocycles. The third kappa shape index (κ3) is 4.51. The number of carboxylic acid groups (broad SMARTS) is 1. The zero-order valence-corrected chi connectivity index (χ0v) is 19.3. The van der Waals surface area contributed by atoms with E-state index < -0.39 is 12.0 Å². The molecule has 8 heteroatoms. The highest BCUT2D eigenvalue weighted by atomic mass is 35.5. The Bertz CT molecular complexity index is 1490. The van der Waals surface area contributed by atoms with Gasteiger partial charge in [0, 0.05) is 52.4 Å². The highest BCUT2D eigenvalue weighted by Crippen LogP contribution is 2.33. The molecule has 0 spiro atoms. The number of benzene rings is 3. The van der Waals surface area contributed by atoms with Crippen molar-refractivity contribution in [3.63, 3.8) is 0 Å². The van der Waals surface area contributed by atoms with E-state index in [0.717, 1.165) is 0 Å². The number of hydrogen-bond acceptors (Lipinski definition) is 6. The number of para-hydroxylation sites is 1. The minimum atomic E-state index is -1.05. The first-order chi connectivity index (χ1) is 16.3. The van der Waals surface area contributed by atoms with E-state index in [9.17, 15) is 14.7 Å². The number of nitrogens with one attached hydrogen (secondary N) is 1. The predicted molar refractivity (Wildman–Crippen MR) is 136 cm³/mol.